The molecule has 1 aromatic heterocycles. The molecule has 2 nitrogen and oxygen atoms in total. The lowest BCUT2D eigenvalue weighted by molar-refractivity contribution is 0.410. The van der Waals surface area contributed by atoms with Gasteiger partial charge < -0.3 is 4.74 Å². The third kappa shape index (κ3) is 3.40. The van der Waals surface area contributed by atoms with Crippen molar-refractivity contribution in [3.63, 3.8) is 0 Å². The summed E-state index contributed by atoms with van der Waals surface area (Å²) in [6, 6.07) is 17.1. The SMILES string of the molecule is COc1cc(CCc2cccc3ccccc23)ncc1C.Cl. The van der Waals surface area contributed by atoms with E-state index in [1.807, 2.05) is 19.2 Å². The Morgan fingerprint density at radius 2 is 1.77 bits per heavy atom. The van der Waals surface area contributed by atoms with E-state index < -0.39 is 0 Å². The summed E-state index contributed by atoms with van der Waals surface area (Å²) in [5.41, 5.74) is 3.52. The number of ether oxygens (including phenoxy) is 1. The molecule has 2 aromatic carbocycles. The minimum Gasteiger partial charge on any atom is -0.496 e. The maximum absolute atomic E-state index is 5.37. The van der Waals surface area contributed by atoms with Gasteiger partial charge in [-0.3, -0.25) is 4.98 Å². The summed E-state index contributed by atoms with van der Waals surface area (Å²) in [4.78, 5) is 4.50. The van der Waals surface area contributed by atoms with Crippen LogP contribution in [0.5, 0.6) is 5.75 Å². The highest BCUT2D eigenvalue weighted by Crippen LogP contribution is 2.21. The zero-order chi connectivity index (χ0) is 14.7. The van der Waals surface area contributed by atoms with Gasteiger partial charge in [0.05, 0.1) is 7.11 Å². The van der Waals surface area contributed by atoms with Gasteiger partial charge in [-0.2, -0.15) is 0 Å². The summed E-state index contributed by atoms with van der Waals surface area (Å²) in [6.45, 7) is 2.01. The number of pyridine rings is 1. The number of hydrogen-bond donors (Lipinski definition) is 0. The second-order valence-corrected chi connectivity index (χ2v) is 5.28. The van der Waals surface area contributed by atoms with Crippen molar-refractivity contribution >= 4 is 23.2 Å². The van der Waals surface area contributed by atoms with Crippen LogP contribution in [0.15, 0.2) is 54.7 Å². The maximum atomic E-state index is 5.37. The zero-order valence-corrected chi connectivity index (χ0v) is 13.7. The summed E-state index contributed by atoms with van der Waals surface area (Å²) in [5, 5.41) is 2.63. The molecule has 0 fully saturated rings. The minimum absolute atomic E-state index is 0. The van der Waals surface area contributed by atoms with Crippen LogP contribution in [-0.4, -0.2) is 12.1 Å². The first-order valence-corrected chi connectivity index (χ1v) is 7.24. The molecule has 0 saturated carbocycles. The second-order valence-electron chi connectivity index (χ2n) is 5.28. The fourth-order valence-corrected chi connectivity index (χ4v) is 2.68. The molecule has 0 bridgehead atoms. The van der Waals surface area contributed by atoms with E-state index in [2.05, 4.69) is 47.4 Å². The van der Waals surface area contributed by atoms with Crippen LogP contribution < -0.4 is 4.74 Å². The summed E-state index contributed by atoms with van der Waals surface area (Å²) in [5.74, 6) is 0.915. The molecule has 0 aliphatic carbocycles. The van der Waals surface area contributed by atoms with E-state index >= 15 is 0 Å². The lowest BCUT2D eigenvalue weighted by atomic mass is 10.00. The summed E-state index contributed by atoms with van der Waals surface area (Å²) < 4.78 is 5.37. The first-order chi connectivity index (χ1) is 10.3. The van der Waals surface area contributed by atoms with E-state index in [1.165, 1.54) is 16.3 Å². The summed E-state index contributed by atoms with van der Waals surface area (Å²) >= 11 is 0. The lowest BCUT2D eigenvalue weighted by Crippen LogP contribution is -1.97. The second kappa shape index (κ2) is 7.28. The molecule has 1 heterocycles. The molecular weight excluding hydrogens is 294 g/mol. The molecule has 0 saturated heterocycles. The third-order valence-corrected chi connectivity index (χ3v) is 3.86. The number of rotatable bonds is 4. The standard InChI is InChI=1S/C19H19NO.ClH/c1-14-13-20-17(12-19(14)21-2)11-10-16-8-5-7-15-6-3-4-9-18(15)16;/h3-9,12-13H,10-11H2,1-2H3;1H. The molecule has 114 valence electrons. The molecule has 3 heteroatoms. The fourth-order valence-electron chi connectivity index (χ4n) is 2.68. The lowest BCUT2D eigenvalue weighted by Gasteiger charge is -2.08. The molecule has 22 heavy (non-hydrogen) atoms. The van der Waals surface area contributed by atoms with Gasteiger partial charge in [-0.25, -0.2) is 0 Å². The van der Waals surface area contributed by atoms with Gasteiger partial charge >= 0.3 is 0 Å². The van der Waals surface area contributed by atoms with Crippen molar-refractivity contribution in [2.24, 2.45) is 0 Å². The molecule has 0 aliphatic heterocycles. The monoisotopic (exact) mass is 313 g/mol. The largest absolute Gasteiger partial charge is 0.496 e. The number of nitrogens with zero attached hydrogens (tertiary/aromatic N) is 1. The normalized spacial score (nSPS) is 10.3. The Morgan fingerprint density at radius 1 is 1.00 bits per heavy atom. The van der Waals surface area contributed by atoms with Gasteiger partial charge in [-0.1, -0.05) is 42.5 Å². The van der Waals surface area contributed by atoms with Crippen LogP contribution in [-0.2, 0) is 12.8 Å². The van der Waals surface area contributed by atoms with Crippen molar-refractivity contribution in [2.75, 3.05) is 7.11 Å². The minimum atomic E-state index is 0. The van der Waals surface area contributed by atoms with E-state index in [9.17, 15) is 0 Å². The van der Waals surface area contributed by atoms with Crippen LogP contribution in [0, 0.1) is 6.92 Å². The Hall–Kier alpha value is -2.06. The quantitative estimate of drug-likeness (QED) is 0.693. The highest BCUT2D eigenvalue weighted by atomic mass is 35.5. The highest BCUT2D eigenvalue weighted by molar-refractivity contribution is 5.86. The molecule has 0 N–H and O–H groups in total. The van der Waals surface area contributed by atoms with E-state index in [0.29, 0.717) is 0 Å². The molecule has 0 atom stereocenters. The number of hydrogen-bond acceptors (Lipinski definition) is 2. The van der Waals surface area contributed by atoms with Crippen LogP contribution in [0.4, 0.5) is 0 Å². The zero-order valence-electron chi connectivity index (χ0n) is 12.9. The topological polar surface area (TPSA) is 22.1 Å². The number of fused-ring (bicyclic) bond motifs is 1. The van der Waals surface area contributed by atoms with Gasteiger partial charge in [0, 0.05) is 23.5 Å². The molecule has 0 aliphatic rings. The predicted molar refractivity (Wildman–Crippen MR) is 94.1 cm³/mol. The smallest absolute Gasteiger partial charge is 0.125 e. The van der Waals surface area contributed by atoms with E-state index in [4.69, 9.17) is 4.74 Å². The van der Waals surface area contributed by atoms with Gasteiger partial charge in [-0.15, -0.1) is 12.4 Å². The van der Waals surface area contributed by atoms with Crippen molar-refractivity contribution in [2.45, 2.75) is 19.8 Å². The number of aromatic nitrogens is 1. The molecule has 0 unspecified atom stereocenters. The van der Waals surface area contributed by atoms with Crippen LogP contribution in [0.1, 0.15) is 16.8 Å². The van der Waals surface area contributed by atoms with Crippen molar-refractivity contribution in [3.8, 4) is 5.75 Å². The Labute approximate surface area is 137 Å². The number of benzene rings is 2. The third-order valence-electron chi connectivity index (χ3n) is 3.86. The van der Waals surface area contributed by atoms with Gasteiger partial charge in [0.2, 0.25) is 0 Å². The summed E-state index contributed by atoms with van der Waals surface area (Å²) in [7, 11) is 1.71. The van der Waals surface area contributed by atoms with Crippen LogP contribution in [0.25, 0.3) is 10.8 Å². The number of methoxy groups -OCH3 is 1. The molecule has 0 radical (unpaired) electrons. The highest BCUT2D eigenvalue weighted by Gasteiger charge is 2.04. The average molecular weight is 314 g/mol. The van der Waals surface area contributed by atoms with Crippen molar-refractivity contribution < 1.29 is 4.74 Å². The first-order valence-electron chi connectivity index (χ1n) is 7.24. The Bertz CT molecular complexity index is 765. The predicted octanol–water partition coefficient (Wildman–Crippen LogP) is 4.76. The average Bonchev–Trinajstić information content (AvgIpc) is 2.54. The van der Waals surface area contributed by atoms with E-state index in [-0.39, 0.29) is 12.4 Å². The van der Waals surface area contributed by atoms with Gasteiger partial charge in [0.15, 0.2) is 0 Å². The molecular formula is C19H20ClNO. The Balaban J connectivity index is 0.00000176. The fraction of sp³-hybridized carbons (Fsp3) is 0.211. The van der Waals surface area contributed by atoms with E-state index in [1.54, 1.807) is 7.11 Å². The Kier molecular flexibility index (Phi) is 5.40. The van der Waals surface area contributed by atoms with Crippen molar-refractivity contribution in [3.05, 3.63) is 71.5 Å². The maximum Gasteiger partial charge on any atom is 0.125 e. The summed E-state index contributed by atoms with van der Waals surface area (Å²) in [6.07, 6.45) is 3.79. The van der Waals surface area contributed by atoms with Crippen LogP contribution in [0.2, 0.25) is 0 Å². The van der Waals surface area contributed by atoms with E-state index in [0.717, 1.165) is 29.8 Å². The number of aryl methyl sites for hydroxylation is 3. The molecule has 3 aromatic rings. The van der Waals surface area contributed by atoms with Crippen molar-refractivity contribution in [1.82, 2.24) is 4.98 Å². The molecule has 3 rings (SSSR count). The van der Waals surface area contributed by atoms with Gasteiger partial charge in [0.25, 0.3) is 0 Å². The van der Waals surface area contributed by atoms with Crippen LogP contribution >= 0.6 is 12.4 Å². The first kappa shape index (κ1) is 16.3. The Morgan fingerprint density at radius 3 is 2.59 bits per heavy atom. The van der Waals surface area contributed by atoms with Crippen molar-refractivity contribution in [1.29, 1.82) is 0 Å². The molecule has 0 amide bonds. The van der Waals surface area contributed by atoms with Gasteiger partial charge in [-0.05, 0) is 36.1 Å². The molecule has 0 spiro atoms. The van der Waals surface area contributed by atoms with Gasteiger partial charge in [0.1, 0.15) is 5.75 Å². The number of halogens is 1. The van der Waals surface area contributed by atoms with Crippen LogP contribution in [0.3, 0.4) is 0 Å².